The van der Waals surface area contributed by atoms with Crippen molar-refractivity contribution in [3.63, 3.8) is 0 Å². The number of hydrogen-bond donors (Lipinski definition) is 1. The minimum atomic E-state index is -0.0617. The van der Waals surface area contributed by atoms with Gasteiger partial charge in [-0.15, -0.1) is 0 Å². The first-order valence-electron chi connectivity index (χ1n) is 11.9. The van der Waals surface area contributed by atoms with Gasteiger partial charge >= 0.3 is 0 Å². The number of nitrogens with one attached hydrogen (secondary N) is 1. The van der Waals surface area contributed by atoms with E-state index in [-0.39, 0.29) is 11.7 Å². The van der Waals surface area contributed by atoms with Gasteiger partial charge in [0.05, 0.1) is 17.1 Å². The maximum absolute atomic E-state index is 12.9. The minimum Gasteiger partial charge on any atom is -0.325 e. The summed E-state index contributed by atoms with van der Waals surface area (Å²) in [6, 6.07) is 36.7. The van der Waals surface area contributed by atoms with E-state index in [1.807, 2.05) is 79.7 Å². The van der Waals surface area contributed by atoms with Gasteiger partial charge in [-0.05, 0) is 49.2 Å². The van der Waals surface area contributed by atoms with Gasteiger partial charge in [0.15, 0.2) is 5.16 Å². The third-order valence-electron chi connectivity index (χ3n) is 6.08. The lowest BCUT2D eigenvalue weighted by Gasteiger charge is -2.13. The number of amides is 1. The van der Waals surface area contributed by atoms with E-state index in [9.17, 15) is 4.79 Å². The van der Waals surface area contributed by atoms with Crippen molar-refractivity contribution >= 4 is 23.4 Å². The molecule has 5 aromatic rings. The topological polar surface area (TPSA) is 46.9 Å². The molecule has 0 fully saturated rings. The van der Waals surface area contributed by atoms with Crippen LogP contribution in [0.2, 0.25) is 0 Å². The molecule has 0 aliphatic rings. The molecule has 0 saturated carbocycles. The summed E-state index contributed by atoms with van der Waals surface area (Å²) in [5.41, 5.74) is 8.17. The second kappa shape index (κ2) is 10.7. The molecule has 4 aromatic carbocycles. The lowest BCUT2D eigenvalue weighted by Crippen LogP contribution is -2.14. The normalized spacial score (nSPS) is 10.8. The standard InChI is InChI=1S/C31H27N3OS/c1-22-18-19-26(20-23(22)2)32-28(35)21-36-31-33-29(24-12-6-3-7-13-24)30(25-14-8-4-9-15-25)34(31)27-16-10-5-11-17-27/h3-20H,21H2,1-2H3,(H,32,35). The Bertz CT molecular complexity index is 1480. The first kappa shape index (κ1) is 23.6. The van der Waals surface area contributed by atoms with E-state index < -0.39 is 0 Å². The Balaban J connectivity index is 1.54. The monoisotopic (exact) mass is 489 g/mol. The smallest absolute Gasteiger partial charge is 0.234 e. The number of para-hydroxylation sites is 1. The van der Waals surface area contributed by atoms with Crippen LogP contribution in [0.25, 0.3) is 28.2 Å². The van der Waals surface area contributed by atoms with Crippen molar-refractivity contribution in [2.45, 2.75) is 19.0 Å². The summed E-state index contributed by atoms with van der Waals surface area (Å²) in [6.07, 6.45) is 0. The van der Waals surface area contributed by atoms with Gasteiger partial charge in [0, 0.05) is 22.5 Å². The van der Waals surface area contributed by atoms with Crippen LogP contribution in [0.5, 0.6) is 0 Å². The van der Waals surface area contributed by atoms with Gasteiger partial charge in [0.2, 0.25) is 5.91 Å². The Labute approximate surface area is 216 Å². The molecule has 0 aliphatic heterocycles. The zero-order valence-corrected chi connectivity index (χ0v) is 21.1. The summed E-state index contributed by atoms with van der Waals surface area (Å²) >= 11 is 1.44. The summed E-state index contributed by atoms with van der Waals surface area (Å²) in [5.74, 6) is 0.188. The highest BCUT2D eigenvalue weighted by molar-refractivity contribution is 7.99. The van der Waals surface area contributed by atoms with Crippen LogP contribution in [0.3, 0.4) is 0 Å². The SMILES string of the molecule is Cc1ccc(NC(=O)CSc2nc(-c3ccccc3)c(-c3ccccc3)n2-c2ccccc2)cc1C. The largest absolute Gasteiger partial charge is 0.325 e. The highest BCUT2D eigenvalue weighted by Crippen LogP contribution is 2.38. The molecule has 5 heteroatoms. The van der Waals surface area contributed by atoms with Crippen LogP contribution in [0, 0.1) is 13.8 Å². The first-order valence-corrected chi connectivity index (χ1v) is 12.9. The fourth-order valence-corrected chi connectivity index (χ4v) is 4.93. The number of rotatable bonds is 7. The number of carbonyl (C=O) groups excluding carboxylic acids is 1. The van der Waals surface area contributed by atoms with Crippen LogP contribution >= 0.6 is 11.8 Å². The molecule has 0 aliphatic carbocycles. The van der Waals surface area contributed by atoms with Crippen molar-refractivity contribution in [3.05, 3.63) is 120 Å². The van der Waals surface area contributed by atoms with E-state index in [0.29, 0.717) is 0 Å². The Kier molecular flexibility index (Phi) is 7.01. The molecule has 1 aromatic heterocycles. The maximum Gasteiger partial charge on any atom is 0.234 e. The number of carbonyl (C=O) groups is 1. The number of anilines is 1. The molecule has 4 nitrogen and oxygen atoms in total. The molecule has 36 heavy (non-hydrogen) atoms. The molecule has 0 atom stereocenters. The maximum atomic E-state index is 12.9. The molecule has 1 heterocycles. The van der Waals surface area contributed by atoms with Crippen LogP contribution in [0.15, 0.2) is 114 Å². The van der Waals surface area contributed by atoms with Crippen molar-refractivity contribution in [1.29, 1.82) is 0 Å². The van der Waals surface area contributed by atoms with Gasteiger partial charge in [-0.2, -0.15) is 0 Å². The van der Waals surface area contributed by atoms with E-state index in [2.05, 4.69) is 53.2 Å². The van der Waals surface area contributed by atoms with E-state index in [4.69, 9.17) is 4.98 Å². The summed E-state index contributed by atoms with van der Waals surface area (Å²) in [5, 5.41) is 3.80. The average molecular weight is 490 g/mol. The number of nitrogens with zero attached hydrogens (tertiary/aromatic N) is 2. The first-order chi connectivity index (χ1) is 17.6. The fourth-order valence-electron chi connectivity index (χ4n) is 4.12. The van der Waals surface area contributed by atoms with Gasteiger partial charge in [-0.25, -0.2) is 4.98 Å². The minimum absolute atomic E-state index is 0.0617. The van der Waals surface area contributed by atoms with Crippen LogP contribution in [-0.4, -0.2) is 21.2 Å². The van der Waals surface area contributed by atoms with Gasteiger partial charge < -0.3 is 5.32 Å². The number of aromatic nitrogens is 2. The highest BCUT2D eigenvalue weighted by Gasteiger charge is 2.22. The van der Waals surface area contributed by atoms with Crippen molar-refractivity contribution in [2.75, 3.05) is 11.1 Å². The van der Waals surface area contributed by atoms with Crippen LogP contribution in [0.4, 0.5) is 5.69 Å². The van der Waals surface area contributed by atoms with Gasteiger partial charge in [-0.3, -0.25) is 9.36 Å². The lowest BCUT2D eigenvalue weighted by molar-refractivity contribution is -0.113. The zero-order valence-electron chi connectivity index (χ0n) is 20.3. The summed E-state index contributed by atoms with van der Waals surface area (Å²) in [4.78, 5) is 18.0. The summed E-state index contributed by atoms with van der Waals surface area (Å²) in [7, 11) is 0. The zero-order chi connectivity index (χ0) is 24.9. The molecule has 0 unspecified atom stereocenters. The number of hydrogen-bond acceptors (Lipinski definition) is 3. The van der Waals surface area contributed by atoms with Crippen molar-refractivity contribution in [1.82, 2.24) is 9.55 Å². The Hall–Kier alpha value is -4.09. The number of thioether (sulfide) groups is 1. The summed E-state index contributed by atoms with van der Waals surface area (Å²) in [6.45, 7) is 4.11. The van der Waals surface area contributed by atoms with Gasteiger partial charge in [0.1, 0.15) is 0 Å². The third kappa shape index (κ3) is 5.11. The van der Waals surface area contributed by atoms with Crippen LogP contribution < -0.4 is 5.32 Å². The molecular weight excluding hydrogens is 462 g/mol. The molecule has 0 spiro atoms. The van der Waals surface area contributed by atoms with Crippen molar-refractivity contribution in [2.24, 2.45) is 0 Å². The van der Waals surface area contributed by atoms with Crippen LogP contribution in [-0.2, 0) is 4.79 Å². The molecule has 0 saturated heterocycles. The number of aryl methyl sites for hydroxylation is 2. The molecular formula is C31H27N3OS. The van der Waals surface area contributed by atoms with Crippen molar-refractivity contribution < 1.29 is 4.79 Å². The van der Waals surface area contributed by atoms with E-state index in [1.54, 1.807) is 0 Å². The Morgan fingerprint density at radius 1 is 0.778 bits per heavy atom. The number of imidazole rings is 1. The Morgan fingerprint density at radius 3 is 2.03 bits per heavy atom. The third-order valence-corrected chi connectivity index (χ3v) is 7.02. The van der Waals surface area contributed by atoms with Gasteiger partial charge in [0.25, 0.3) is 0 Å². The number of benzene rings is 4. The average Bonchev–Trinajstić information content (AvgIpc) is 3.31. The van der Waals surface area contributed by atoms with Crippen LogP contribution in [0.1, 0.15) is 11.1 Å². The fraction of sp³-hybridized carbons (Fsp3) is 0.0968. The van der Waals surface area contributed by atoms with Crippen molar-refractivity contribution in [3.8, 4) is 28.2 Å². The second-order valence-electron chi connectivity index (χ2n) is 8.63. The molecule has 1 N–H and O–H groups in total. The Morgan fingerprint density at radius 2 is 1.39 bits per heavy atom. The van der Waals surface area contributed by atoms with E-state index in [1.165, 1.54) is 17.3 Å². The molecule has 0 bridgehead atoms. The predicted octanol–water partition coefficient (Wildman–Crippen LogP) is 7.55. The van der Waals surface area contributed by atoms with E-state index >= 15 is 0 Å². The molecule has 178 valence electrons. The summed E-state index contributed by atoms with van der Waals surface area (Å²) < 4.78 is 2.16. The molecule has 1 amide bonds. The second-order valence-corrected chi connectivity index (χ2v) is 9.57. The lowest BCUT2D eigenvalue weighted by atomic mass is 10.0. The molecule has 5 rings (SSSR count). The van der Waals surface area contributed by atoms with E-state index in [0.717, 1.165) is 44.6 Å². The quantitative estimate of drug-likeness (QED) is 0.240. The highest BCUT2D eigenvalue weighted by atomic mass is 32.2. The predicted molar refractivity (Wildman–Crippen MR) is 150 cm³/mol. The van der Waals surface area contributed by atoms with Gasteiger partial charge in [-0.1, -0.05) is 96.7 Å². The molecule has 0 radical (unpaired) electrons.